The molecular formula is C18H14ClNO3. The molecule has 2 aromatic carbocycles. The van der Waals surface area contributed by atoms with Crippen molar-refractivity contribution in [1.82, 2.24) is 4.90 Å². The highest BCUT2D eigenvalue weighted by molar-refractivity contribution is 6.33. The van der Waals surface area contributed by atoms with Crippen LogP contribution in [0, 0.1) is 0 Å². The van der Waals surface area contributed by atoms with Crippen LogP contribution in [0.4, 0.5) is 0 Å². The number of hydrogen-bond acceptors (Lipinski definition) is 3. The Morgan fingerprint density at radius 3 is 2.22 bits per heavy atom. The number of carbonyl (C=O) groups excluding carboxylic acids is 3. The lowest BCUT2D eigenvalue weighted by Crippen LogP contribution is -2.29. The largest absolute Gasteiger partial charge is 0.293 e. The Bertz CT molecular complexity index is 778. The van der Waals surface area contributed by atoms with Crippen molar-refractivity contribution in [2.75, 3.05) is 0 Å². The van der Waals surface area contributed by atoms with Gasteiger partial charge >= 0.3 is 0 Å². The van der Waals surface area contributed by atoms with Crippen LogP contribution in [-0.2, 0) is 6.54 Å². The number of alkyl halides is 1. The Kier molecular flexibility index (Phi) is 4.01. The van der Waals surface area contributed by atoms with Crippen LogP contribution in [0.15, 0.2) is 48.5 Å². The van der Waals surface area contributed by atoms with E-state index in [1.165, 1.54) is 4.90 Å². The predicted octanol–water partition coefficient (Wildman–Crippen LogP) is 3.29. The van der Waals surface area contributed by atoms with Crippen molar-refractivity contribution in [2.45, 2.75) is 18.8 Å². The third kappa shape index (κ3) is 2.78. The van der Waals surface area contributed by atoms with Crippen LogP contribution in [0.5, 0.6) is 0 Å². The number of Topliss-reactive ketones (excluding diaryl/α,β-unsaturated/α-hetero) is 1. The molecule has 0 saturated carbocycles. The summed E-state index contributed by atoms with van der Waals surface area (Å²) in [5, 5.41) is -0.621. The van der Waals surface area contributed by atoms with E-state index in [1.54, 1.807) is 55.5 Å². The lowest BCUT2D eigenvalue weighted by atomic mass is 10.1. The van der Waals surface area contributed by atoms with Gasteiger partial charge in [0.2, 0.25) is 0 Å². The van der Waals surface area contributed by atoms with Gasteiger partial charge in [0.15, 0.2) is 5.78 Å². The van der Waals surface area contributed by atoms with Crippen LogP contribution in [0.1, 0.15) is 43.6 Å². The molecule has 1 aliphatic heterocycles. The molecule has 0 N–H and O–H groups in total. The fourth-order valence-electron chi connectivity index (χ4n) is 2.62. The van der Waals surface area contributed by atoms with Crippen LogP contribution in [0.25, 0.3) is 0 Å². The first-order chi connectivity index (χ1) is 11.0. The van der Waals surface area contributed by atoms with E-state index in [1.807, 2.05) is 0 Å². The van der Waals surface area contributed by atoms with E-state index in [0.29, 0.717) is 22.3 Å². The van der Waals surface area contributed by atoms with Crippen LogP contribution in [0.2, 0.25) is 0 Å². The summed E-state index contributed by atoms with van der Waals surface area (Å²) in [6, 6.07) is 13.6. The first kappa shape index (κ1) is 15.4. The summed E-state index contributed by atoms with van der Waals surface area (Å²) in [6.45, 7) is 1.74. The maximum absolute atomic E-state index is 12.4. The number of benzene rings is 2. The number of fused-ring (bicyclic) bond motifs is 1. The van der Waals surface area contributed by atoms with Crippen LogP contribution >= 0.6 is 11.6 Å². The lowest BCUT2D eigenvalue weighted by Gasteiger charge is -2.14. The summed E-state index contributed by atoms with van der Waals surface area (Å²) in [5.74, 6) is -0.808. The molecule has 116 valence electrons. The highest BCUT2D eigenvalue weighted by Gasteiger charge is 2.34. The van der Waals surface area contributed by atoms with Gasteiger partial charge in [0.05, 0.1) is 23.0 Å². The molecule has 4 nitrogen and oxygen atoms in total. The zero-order valence-corrected chi connectivity index (χ0v) is 13.2. The standard InChI is InChI=1S/C18H14ClNO3/c1-11(19)16(21)13-6-4-5-12(9-13)10-20-17(22)14-7-2-3-8-15(14)18(20)23/h2-9,11H,10H2,1H3. The molecule has 0 aliphatic carbocycles. The molecule has 0 spiro atoms. The second-order valence-corrected chi connectivity index (χ2v) is 6.08. The normalized spacial score (nSPS) is 14.8. The third-order valence-corrected chi connectivity index (χ3v) is 3.99. The van der Waals surface area contributed by atoms with Crippen molar-refractivity contribution in [2.24, 2.45) is 0 Å². The van der Waals surface area contributed by atoms with Crippen LogP contribution in [-0.4, -0.2) is 27.9 Å². The topological polar surface area (TPSA) is 54.5 Å². The molecule has 1 atom stereocenters. The lowest BCUT2D eigenvalue weighted by molar-refractivity contribution is 0.0642. The Morgan fingerprint density at radius 1 is 1.04 bits per heavy atom. The van der Waals surface area contributed by atoms with E-state index < -0.39 is 5.38 Å². The number of halogens is 1. The maximum Gasteiger partial charge on any atom is 0.261 e. The molecule has 2 amide bonds. The molecule has 0 aromatic heterocycles. The van der Waals surface area contributed by atoms with E-state index in [2.05, 4.69) is 0 Å². The van der Waals surface area contributed by atoms with E-state index >= 15 is 0 Å². The number of amides is 2. The number of hydrogen-bond donors (Lipinski definition) is 0. The number of ketones is 1. The van der Waals surface area contributed by atoms with E-state index in [-0.39, 0.29) is 24.1 Å². The molecule has 1 unspecified atom stereocenters. The maximum atomic E-state index is 12.4. The number of imide groups is 1. The fraction of sp³-hybridized carbons (Fsp3) is 0.167. The van der Waals surface area contributed by atoms with Gasteiger partial charge in [-0.1, -0.05) is 30.3 Å². The molecule has 0 radical (unpaired) electrons. The van der Waals surface area contributed by atoms with Crippen molar-refractivity contribution < 1.29 is 14.4 Å². The average molecular weight is 328 g/mol. The summed E-state index contributed by atoms with van der Waals surface area (Å²) in [4.78, 5) is 37.9. The zero-order chi connectivity index (χ0) is 16.6. The summed E-state index contributed by atoms with van der Waals surface area (Å²) in [5.41, 5.74) is 2.02. The molecule has 23 heavy (non-hydrogen) atoms. The van der Waals surface area contributed by atoms with E-state index in [9.17, 15) is 14.4 Å². The third-order valence-electron chi connectivity index (χ3n) is 3.79. The minimum absolute atomic E-state index is 0.129. The second-order valence-electron chi connectivity index (χ2n) is 5.42. The van der Waals surface area contributed by atoms with Gasteiger partial charge in [-0.3, -0.25) is 19.3 Å². The van der Waals surface area contributed by atoms with Crippen molar-refractivity contribution in [3.8, 4) is 0 Å². The quantitative estimate of drug-likeness (QED) is 0.492. The number of nitrogens with zero attached hydrogens (tertiary/aromatic N) is 1. The number of carbonyl (C=O) groups is 3. The van der Waals surface area contributed by atoms with Gasteiger partial charge < -0.3 is 0 Å². The Labute approximate surface area is 138 Å². The van der Waals surface area contributed by atoms with Crippen molar-refractivity contribution in [3.63, 3.8) is 0 Å². The molecular weight excluding hydrogens is 314 g/mol. The van der Waals surface area contributed by atoms with Gasteiger partial charge in [-0.25, -0.2) is 0 Å². The second kappa shape index (κ2) is 5.97. The number of rotatable bonds is 4. The molecule has 5 heteroatoms. The molecule has 1 heterocycles. The Hall–Kier alpha value is -2.46. The highest BCUT2D eigenvalue weighted by Crippen LogP contribution is 2.24. The molecule has 0 bridgehead atoms. The SMILES string of the molecule is CC(Cl)C(=O)c1cccc(CN2C(=O)c3ccccc3C2=O)c1. The van der Waals surface area contributed by atoms with Crippen LogP contribution < -0.4 is 0 Å². The fourth-order valence-corrected chi connectivity index (χ4v) is 2.74. The van der Waals surface area contributed by atoms with Crippen LogP contribution in [0.3, 0.4) is 0 Å². The van der Waals surface area contributed by atoms with Gasteiger partial charge in [-0.05, 0) is 30.7 Å². The highest BCUT2D eigenvalue weighted by atomic mass is 35.5. The molecule has 3 rings (SSSR count). The van der Waals surface area contributed by atoms with Gasteiger partial charge in [-0.2, -0.15) is 0 Å². The molecule has 0 saturated heterocycles. The first-order valence-corrected chi connectivity index (χ1v) is 7.65. The van der Waals surface area contributed by atoms with Gasteiger partial charge in [0, 0.05) is 5.56 Å². The zero-order valence-electron chi connectivity index (χ0n) is 12.5. The van der Waals surface area contributed by atoms with Crippen molar-refractivity contribution in [1.29, 1.82) is 0 Å². The van der Waals surface area contributed by atoms with Gasteiger partial charge in [0.1, 0.15) is 0 Å². The van der Waals surface area contributed by atoms with Crippen molar-refractivity contribution in [3.05, 3.63) is 70.8 Å². The summed E-state index contributed by atoms with van der Waals surface area (Å²) >= 11 is 5.82. The van der Waals surface area contributed by atoms with Gasteiger partial charge in [0.25, 0.3) is 11.8 Å². The predicted molar refractivity (Wildman–Crippen MR) is 86.7 cm³/mol. The van der Waals surface area contributed by atoms with E-state index in [4.69, 9.17) is 11.6 Å². The monoisotopic (exact) mass is 327 g/mol. The average Bonchev–Trinajstić information content (AvgIpc) is 2.80. The molecule has 1 aliphatic rings. The minimum Gasteiger partial charge on any atom is -0.293 e. The smallest absolute Gasteiger partial charge is 0.261 e. The Morgan fingerprint density at radius 2 is 1.65 bits per heavy atom. The molecule has 2 aromatic rings. The Balaban J connectivity index is 1.87. The summed E-state index contributed by atoms with van der Waals surface area (Å²) in [6.07, 6.45) is 0. The minimum atomic E-state index is -0.621. The van der Waals surface area contributed by atoms with Crippen molar-refractivity contribution >= 4 is 29.2 Å². The molecule has 0 fully saturated rings. The summed E-state index contributed by atoms with van der Waals surface area (Å²) in [7, 11) is 0. The van der Waals surface area contributed by atoms with E-state index in [0.717, 1.165) is 0 Å². The van der Waals surface area contributed by atoms with Gasteiger partial charge in [-0.15, -0.1) is 11.6 Å². The summed E-state index contributed by atoms with van der Waals surface area (Å²) < 4.78 is 0. The first-order valence-electron chi connectivity index (χ1n) is 7.21.